The third-order valence-electron chi connectivity index (χ3n) is 3.22. The highest BCUT2D eigenvalue weighted by atomic mass is 19.4. The lowest BCUT2D eigenvalue weighted by Crippen LogP contribution is -2.16. The van der Waals surface area contributed by atoms with Crippen molar-refractivity contribution in [3.8, 4) is 11.8 Å². The maximum absolute atomic E-state index is 12.8. The summed E-state index contributed by atoms with van der Waals surface area (Å²) in [5.74, 6) is -1.77. The number of halogens is 6. The van der Waals surface area contributed by atoms with Gasteiger partial charge in [0.2, 0.25) is 0 Å². The number of aromatic hydroxyl groups is 1. The Morgan fingerprint density at radius 3 is 1.96 bits per heavy atom. The number of rotatable bonds is 2. The fraction of sp³-hybridized carbons (Fsp3) is 0.125. The van der Waals surface area contributed by atoms with Crippen LogP contribution in [0.3, 0.4) is 0 Å². The Hall–Kier alpha value is -3.22. The van der Waals surface area contributed by atoms with Crippen molar-refractivity contribution in [2.75, 3.05) is 5.32 Å². The first-order chi connectivity index (χ1) is 11.9. The molecule has 136 valence electrons. The number of carbonyl (C=O) groups excluding carboxylic acids is 1. The Labute approximate surface area is 142 Å². The minimum atomic E-state index is -5.07. The van der Waals surface area contributed by atoms with Crippen LogP contribution in [0.4, 0.5) is 32.0 Å². The summed E-state index contributed by atoms with van der Waals surface area (Å²) in [6, 6.07) is 5.39. The number of anilines is 1. The number of amides is 1. The van der Waals surface area contributed by atoms with E-state index in [9.17, 15) is 36.2 Å². The van der Waals surface area contributed by atoms with Crippen LogP contribution in [0.5, 0.6) is 5.75 Å². The molecule has 0 aliphatic heterocycles. The van der Waals surface area contributed by atoms with E-state index in [4.69, 9.17) is 5.26 Å². The van der Waals surface area contributed by atoms with E-state index in [1.807, 2.05) is 5.32 Å². The summed E-state index contributed by atoms with van der Waals surface area (Å²) in [7, 11) is 0. The number of nitrogens with one attached hydrogen (secondary N) is 1. The predicted molar refractivity (Wildman–Crippen MR) is 77.2 cm³/mol. The highest BCUT2D eigenvalue weighted by Gasteiger charge is 2.37. The maximum atomic E-state index is 12.8. The second-order valence-electron chi connectivity index (χ2n) is 5.09. The van der Waals surface area contributed by atoms with Crippen molar-refractivity contribution in [1.82, 2.24) is 0 Å². The van der Waals surface area contributed by atoms with E-state index >= 15 is 0 Å². The van der Waals surface area contributed by atoms with Crippen molar-refractivity contribution in [1.29, 1.82) is 5.26 Å². The SMILES string of the molecule is N#Cc1ccc(O)c(C(=O)Nc2cc(C(F)(F)F)cc(C(F)(F)F)c2)c1. The zero-order valence-electron chi connectivity index (χ0n) is 12.5. The van der Waals surface area contributed by atoms with Gasteiger partial charge in [-0.25, -0.2) is 0 Å². The fourth-order valence-electron chi connectivity index (χ4n) is 2.01. The van der Waals surface area contributed by atoms with E-state index in [1.54, 1.807) is 6.07 Å². The summed E-state index contributed by atoms with van der Waals surface area (Å²) in [4.78, 5) is 12.1. The molecule has 0 aromatic heterocycles. The fourth-order valence-corrected chi connectivity index (χ4v) is 2.01. The van der Waals surface area contributed by atoms with Crippen LogP contribution in [0.15, 0.2) is 36.4 Å². The molecule has 2 N–H and O–H groups in total. The largest absolute Gasteiger partial charge is 0.507 e. The van der Waals surface area contributed by atoms with Crippen LogP contribution >= 0.6 is 0 Å². The average Bonchev–Trinajstić information content (AvgIpc) is 2.53. The van der Waals surface area contributed by atoms with Gasteiger partial charge in [-0.2, -0.15) is 31.6 Å². The van der Waals surface area contributed by atoms with Crippen LogP contribution < -0.4 is 5.32 Å². The highest BCUT2D eigenvalue weighted by molar-refractivity contribution is 6.06. The van der Waals surface area contributed by atoms with E-state index < -0.39 is 46.4 Å². The van der Waals surface area contributed by atoms with Crippen molar-refractivity contribution in [3.63, 3.8) is 0 Å². The molecule has 0 aliphatic carbocycles. The molecular weight excluding hydrogens is 366 g/mol. The topological polar surface area (TPSA) is 73.1 Å². The average molecular weight is 374 g/mol. The molecule has 0 unspecified atom stereocenters. The molecule has 0 heterocycles. The molecule has 2 rings (SSSR count). The van der Waals surface area contributed by atoms with Gasteiger partial charge in [-0.05, 0) is 36.4 Å². The maximum Gasteiger partial charge on any atom is 0.416 e. The van der Waals surface area contributed by atoms with Crippen molar-refractivity contribution >= 4 is 11.6 Å². The standard InChI is InChI=1S/C16H8F6N2O2/c17-15(18,19)9-4-10(16(20,21)22)6-11(5-9)24-14(26)12-3-8(7-23)1-2-13(12)25/h1-6,25H,(H,24,26). The molecular formula is C16H8F6N2O2. The summed E-state index contributed by atoms with van der Waals surface area (Å²) >= 11 is 0. The van der Waals surface area contributed by atoms with E-state index in [0.29, 0.717) is 12.1 Å². The first kappa shape index (κ1) is 19.1. The molecule has 0 atom stereocenters. The highest BCUT2D eigenvalue weighted by Crippen LogP contribution is 2.37. The van der Waals surface area contributed by atoms with Crippen LogP contribution in [-0.2, 0) is 12.4 Å². The number of benzene rings is 2. The molecule has 0 saturated carbocycles. The van der Waals surface area contributed by atoms with E-state index in [-0.39, 0.29) is 11.6 Å². The van der Waals surface area contributed by atoms with Gasteiger partial charge >= 0.3 is 12.4 Å². The number of nitrogens with zero attached hydrogens (tertiary/aromatic N) is 1. The normalized spacial score (nSPS) is 11.7. The van der Waals surface area contributed by atoms with Crippen LogP contribution in [-0.4, -0.2) is 11.0 Å². The van der Waals surface area contributed by atoms with Gasteiger partial charge in [0.05, 0.1) is 28.3 Å². The molecule has 2 aromatic rings. The first-order valence-corrected chi connectivity index (χ1v) is 6.76. The lowest BCUT2D eigenvalue weighted by Gasteiger charge is -2.15. The summed E-state index contributed by atoms with van der Waals surface area (Å²) in [5.41, 5.74) is -4.47. The van der Waals surface area contributed by atoms with E-state index in [2.05, 4.69) is 0 Å². The van der Waals surface area contributed by atoms with E-state index in [0.717, 1.165) is 12.1 Å². The zero-order chi connectivity index (χ0) is 19.7. The molecule has 1 amide bonds. The van der Waals surface area contributed by atoms with Crippen LogP contribution in [0.25, 0.3) is 0 Å². The minimum Gasteiger partial charge on any atom is -0.507 e. The molecule has 2 aromatic carbocycles. The summed E-state index contributed by atoms with van der Waals surface area (Å²) in [6.07, 6.45) is -10.1. The van der Waals surface area contributed by atoms with Gasteiger partial charge in [0.1, 0.15) is 5.75 Å². The van der Waals surface area contributed by atoms with Gasteiger partial charge in [0, 0.05) is 5.69 Å². The quantitative estimate of drug-likeness (QED) is 0.758. The van der Waals surface area contributed by atoms with Gasteiger partial charge in [-0.1, -0.05) is 0 Å². The minimum absolute atomic E-state index is 0.0343. The van der Waals surface area contributed by atoms with Crippen molar-refractivity contribution in [3.05, 3.63) is 58.7 Å². The summed E-state index contributed by atoms with van der Waals surface area (Å²) < 4.78 is 76.8. The number of alkyl halides is 6. The van der Waals surface area contributed by atoms with Crippen molar-refractivity contribution < 1.29 is 36.2 Å². The second kappa shape index (κ2) is 6.59. The predicted octanol–water partition coefficient (Wildman–Crippen LogP) is 4.55. The molecule has 0 spiro atoms. The van der Waals surface area contributed by atoms with E-state index in [1.165, 1.54) is 6.07 Å². The summed E-state index contributed by atoms with van der Waals surface area (Å²) in [5, 5.41) is 20.2. The van der Waals surface area contributed by atoms with Gasteiger partial charge in [0.15, 0.2) is 0 Å². The number of nitriles is 1. The number of hydrogen-bond donors (Lipinski definition) is 2. The number of phenolic OH excluding ortho intramolecular Hbond substituents is 1. The van der Waals surface area contributed by atoms with Crippen molar-refractivity contribution in [2.45, 2.75) is 12.4 Å². The lowest BCUT2D eigenvalue weighted by molar-refractivity contribution is -0.143. The monoisotopic (exact) mass is 374 g/mol. The second-order valence-corrected chi connectivity index (χ2v) is 5.09. The molecule has 0 fully saturated rings. The van der Waals surface area contributed by atoms with Gasteiger partial charge in [-0.15, -0.1) is 0 Å². The third-order valence-corrected chi connectivity index (χ3v) is 3.22. The first-order valence-electron chi connectivity index (χ1n) is 6.76. The zero-order valence-corrected chi connectivity index (χ0v) is 12.5. The molecule has 0 saturated heterocycles. The molecule has 0 aliphatic rings. The Bertz CT molecular complexity index is 865. The number of phenols is 1. The van der Waals surface area contributed by atoms with Crippen LogP contribution in [0.2, 0.25) is 0 Å². The molecule has 26 heavy (non-hydrogen) atoms. The van der Waals surface area contributed by atoms with Crippen molar-refractivity contribution in [2.24, 2.45) is 0 Å². The van der Waals surface area contributed by atoms with Gasteiger partial charge < -0.3 is 10.4 Å². The Balaban J connectivity index is 2.46. The van der Waals surface area contributed by atoms with Crippen LogP contribution in [0.1, 0.15) is 27.0 Å². The number of hydrogen-bond acceptors (Lipinski definition) is 3. The van der Waals surface area contributed by atoms with Crippen LogP contribution in [0, 0.1) is 11.3 Å². The Morgan fingerprint density at radius 1 is 0.962 bits per heavy atom. The lowest BCUT2D eigenvalue weighted by atomic mass is 10.1. The van der Waals surface area contributed by atoms with Gasteiger partial charge in [-0.3, -0.25) is 4.79 Å². The third kappa shape index (κ3) is 4.24. The molecule has 4 nitrogen and oxygen atoms in total. The molecule has 0 bridgehead atoms. The molecule has 0 radical (unpaired) electrons. The molecule has 10 heteroatoms. The number of carbonyl (C=O) groups is 1. The Kier molecular flexibility index (Phi) is 4.84. The van der Waals surface area contributed by atoms with Gasteiger partial charge in [0.25, 0.3) is 5.91 Å². The smallest absolute Gasteiger partial charge is 0.416 e. The Morgan fingerprint density at radius 2 is 1.50 bits per heavy atom. The summed E-state index contributed by atoms with van der Waals surface area (Å²) in [6.45, 7) is 0.